The number of rotatable bonds is 9. The molecule has 0 bridgehead atoms. The maximum Gasteiger partial charge on any atom is 0.390 e. The van der Waals surface area contributed by atoms with E-state index in [-0.39, 0.29) is 6.29 Å². The number of nitrogens with zero attached hydrogens (tertiary/aromatic N) is 3. The molecule has 0 aliphatic rings. The van der Waals surface area contributed by atoms with Crippen LogP contribution < -0.4 is 9.84 Å². The van der Waals surface area contributed by atoms with E-state index in [4.69, 9.17) is 4.52 Å². The Balaban J connectivity index is 1.44. The zero-order chi connectivity index (χ0) is 21.5. The molecule has 9 heteroatoms. The number of para-hydroxylation sites is 1. The lowest BCUT2D eigenvalue weighted by molar-refractivity contribution is 0.368. The van der Waals surface area contributed by atoms with Gasteiger partial charge in [-0.3, -0.25) is 5.32 Å². The molecule has 0 saturated carbocycles. The fourth-order valence-corrected chi connectivity index (χ4v) is 4.15. The highest BCUT2D eigenvalue weighted by Crippen LogP contribution is 2.41. The van der Waals surface area contributed by atoms with Gasteiger partial charge < -0.3 is 9.42 Å². The van der Waals surface area contributed by atoms with Gasteiger partial charge in [-0.25, -0.2) is 9.66 Å². The number of aromatic amines is 1. The third-order valence-corrected chi connectivity index (χ3v) is 5.80. The first-order valence-corrected chi connectivity index (χ1v) is 11.5. The van der Waals surface area contributed by atoms with Crippen LogP contribution in [0.3, 0.4) is 0 Å². The highest BCUT2D eigenvalue weighted by atomic mass is 31.2. The van der Waals surface area contributed by atoms with E-state index in [9.17, 15) is 9.46 Å². The van der Waals surface area contributed by atoms with Gasteiger partial charge in [0.2, 0.25) is 0 Å². The van der Waals surface area contributed by atoms with Gasteiger partial charge in [0.15, 0.2) is 5.82 Å². The standard InChI is InChI=1S/C22H22N5O3P/c28-31(29,30-20-9-5-2-6-10-20)16-23-21(22-24-26-27-25-22)15-17-11-13-19(14-12-17)18-7-3-1-4-8-18/h1-14,21,23H,15-16H2,(H,28,29)(H,24,25,26,27). The van der Waals surface area contributed by atoms with E-state index in [1.165, 1.54) is 0 Å². The number of hydrogen-bond donors (Lipinski definition) is 3. The Morgan fingerprint density at radius 1 is 0.935 bits per heavy atom. The lowest BCUT2D eigenvalue weighted by atomic mass is 10.0. The first-order chi connectivity index (χ1) is 15.1. The van der Waals surface area contributed by atoms with Crippen molar-refractivity contribution in [3.8, 4) is 16.9 Å². The van der Waals surface area contributed by atoms with Crippen LogP contribution >= 0.6 is 7.60 Å². The summed E-state index contributed by atoms with van der Waals surface area (Å²) < 4.78 is 17.8. The maximum absolute atomic E-state index is 12.5. The van der Waals surface area contributed by atoms with Gasteiger partial charge in [0.25, 0.3) is 0 Å². The number of H-pyrrole nitrogens is 1. The van der Waals surface area contributed by atoms with E-state index in [2.05, 4.69) is 50.2 Å². The van der Waals surface area contributed by atoms with Crippen LogP contribution in [0.5, 0.6) is 5.75 Å². The Labute approximate surface area is 179 Å². The number of nitrogens with one attached hydrogen (secondary N) is 2. The summed E-state index contributed by atoms with van der Waals surface area (Å²) in [6.45, 7) is 0. The summed E-state index contributed by atoms with van der Waals surface area (Å²) in [5.41, 5.74) is 3.29. The third kappa shape index (κ3) is 5.86. The molecule has 0 aliphatic carbocycles. The van der Waals surface area contributed by atoms with E-state index in [1.54, 1.807) is 24.3 Å². The van der Waals surface area contributed by atoms with Crippen LogP contribution in [0.25, 0.3) is 11.1 Å². The summed E-state index contributed by atoms with van der Waals surface area (Å²) in [5, 5.41) is 17.0. The SMILES string of the molecule is O=P(O)(CNC(Cc1ccc(-c2ccccc2)cc1)c1nnn[nH]1)Oc1ccccc1. The van der Waals surface area contributed by atoms with Crippen molar-refractivity contribution in [2.24, 2.45) is 0 Å². The Bertz CT molecular complexity index is 1120. The van der Waals surface area contributed by atoms with Crippen LogP contribution in [-0.4, -0.2) is 31.8 Å². The predicted molar refractivity (Wildman–Crippen MR) is 117 cm³/mol. The predicted octanol–water partition coefficient (Wildman–Crippen LogP) is 3.96. The smallest absolute Gasteiger partial charge is 0.390 e. The second-order valence-corrected chi connectivity index (χ2v) is 8.78. The zero-order valence-electron chi connectivity index (χ0n) is 16.6. The second kappa shape index (κ2) is 9.66. The van der Waals surface area contributed by atoms with Crippen LogP contribution in [0.1, 0.15) is 17.4 Å². The van der Waals surface area contributed by atoms with Crippen molar-refractivity contribution in [2.45, 2.75) is 12.5 Å². The molecule has 0 amide bonds. The van der Waals surface area contributed by atoms with Crippen LogP contribution in [0.15, 0.2) is 84.9 Å². The molecule has 8 nitrogen and oxygen atoms in total. The van der Waals surface area contributed by atoms with E-state index < -0.39 is 13.6 Å². The maximum atomic E-state index is 12.5. The highest BCUT2D eigenvalue weighted by Gasteiger charge is 2.25. The molecule has 0 fully saturated rings. The van der Waals surface area contributed by atoms with E-state index in [0.29, 0.717) is 18.0 Å². The van der Waals surface area contributed by atoms with Crippen LogP contribution in [0.4, 0.5) is 0 Å². The molecule has 158 valence electrons. The molecule has 0 radical (unpaired) electrons. The van der Waals surface area contributed by atoms with Gasteiger partial charge in [0.1, 0.15) is 12.0 Å². The van der Waals surface area contributed by atoms with Gasteiger partial charge in [-0.05, 0) is 45.7 Å². The fourth-order valence-electron chi connectivity index (χ4n) is 3.18. The summed E-state index contributed by atoms with van der Waals surface area (Å²) >= 11 is 0. The minimum Gasteiger partial charge on any atom is -0.424 e. The van der Waals surface area contributed by atoms with Gasteiger partial charge in [-0.1, -0.05) is 72.8 Å². The van der Waals surface area contributed by atoms with Crippen molar-refractivity contribution in [3.63, 3.8) is 0 Å². The third-order valence-electron chi connectivity index (χ3n) is 4.72. The topological polar surface area (TPSA) is 113 Å². The van der Waals surface area contributed by atoms with Crippen LogP contribution in [0.2, 0.25) is 0 Å². The largest absolute Gasteiger partial charge is 0.424 e. The molecule has 3 aromatic carbocycles. The summed E-state index contributed by atoms with van der Waals surface area (Å²) in [5.74, 6) is 0.816. The van der Waals surface area contributed by atoms with Gasteiger partial charge >= 0.3 is 7.60 Å². The van der Waals surface area contributed by atoms with E-state index >= 15 is 0 Å². The molecule has 4 aromatic rings. The lowest BCUT2D eigenvalue weighted by Gasteiger charge is -2.19. The summed E-state index contributed by atoms with van der Waals surface area (Å²) in [4.78, 5) is 10.3. The minimum absolute atomic E-state index is 0.255. The summed E-state index contributed by atoms with van der Waals surface area (Å²) in [6, 6.07) is 26.4. The molecule has 2 atom stereocenters. The van der Waals surface area contributed by atoms with Crippen molar-refractivity contribution >= 4 is 7.60 Å². The van der Waals surface area contributed by atoms with Crippen molar-refractivity contribution < 1.29 is 14.0 Å². The molecule has 3 N–H and O–H groups in total. The Morgan fingerprint density at radius 2 is 1.58 bits per heavy atom. The number of tetrazole rings is 1. The zero-order valence-corrected chi connectivity index (χ0v) is 17.5. The molecule has 0 saturated heterocycles. The Morgan fingerprint density at radius 3 is 2.23 bits per heavy atom. The molecule has 0 aliphatic heterocycles. The molecule has 1 heterocycles. The monoisotopic (exact) mass is 435 g/mol. The molecule has 31 heavy (non-hydrogen) atoms. The number of aromatic nitrogens is 4. The number of hydrogen-bond acceptors (Lipinski definition) is 6. The quantitative estimate of drug-likeness (QED) is 0.341. The van der Waals surface area contributed by atoms with Gasteiger partial charge in [0.05, 0.1) is 6.04 Å². The van der Waals surface area contributed by atoms with Crippen molar-refractivity contribution in [1.29, 1.82) is 0 Å². The normalized spacial score (nSPS) is 14.0. The van der Waals surface area contributed by atoms with Crippen molar-refractivity contribution in [1.82, 2.24) is 25.9 Å². The molecule has 4 rings (SSSR count). The lowest BCUT2D eigenvalue weighted by Crippen LogP contribution is -2.26. The number of benzene rings is 3. The minimum atomic E-state index is -3.92. The first-order valence-electron chi connectivity index (χ1n) is 9.77. The first kappa shape index (κ1) is 20.9. The molecule has 0 spiro atoms. The van der Waals surface area contributed by atoms with Gasteiger partial charge in [0, 0.05) is 0 Å². The van der Waals surface area contributed by atoms with Crippen molar-refractivity contribution in [2.75, 3.05) is 6.29 Å². The Kier molecular flexibility index (Phi) is 6.52. The molecular weight excluding hydrogens is 413 g/mol. The molecule has 2 unspecified atom stereocenters. The van der Waals surface area contributed by atoms with Crippen LogP contribution in [-0.2, 0) is 11.0 Å². The summed E-state index contributed by atoms with van der Waals surface area (Å²) in [7, 11) is -3.92. The van der Waals surface area contributed by atoms with Crippen molar-refractivity contribution in [3.05, 3.63) is 96.3 Å². The average Bonchev–Trinajstić information content (AvgIpc) is 3.33. The fraction of sp³-hybridized carbons (Fsp3) is 0.136. The summed E-state index contributed by atoms with van der Waals surface area (Å²) in [6.07, 6.45) is 0.270. The molecule has 1 aromatic heterocycles. The van der Waals surface area contributed by atoms with E-state index in [0.717, 1.165) is 16.7 Å². The Hall–Kier alpha value is -3.32. The molecular formula is C22H22N5O3P. The van der Waals surface area contributed by atoms with E-state index in [1.807, 2.05) is 36.4 Å². The van der Waals surface area contributed by atoms with Gasteiger partial charge in [-0.2, -0.15) is 0 Å². The second-order valence-electron chi connectivity index (χ2n) is 7.01. The van der Waals surface area contributed by atoms with Gasteiger partial charge in [-0.15, -0.1) is 5.10 Å². The average molecular weight is 435 g/mol. The van der Waals surface area contributed by atoms with Crippen LogP contribution in [0, 0.1) is 0 Å². The highest BCUT2D eigenvalue weighted by molar-refractivity contribution is 7.53.